The smallest absolute Gasteiger partial charge is 0.0690 e. The summed E-state index contributed by atoms with van der Waals surface area (Å²) < 4.78 is 0. The molecule has 0 spiro atoms. The van der Waals surface area contributed by atoms with Crippen molar-refractivity contribution in [2.24, 2.45) is 11.1 Å². The van der Waals surface area contributed by atoms with E-state index in [0.29, 0.717) is 5.92 Å². The Bertz CT molecular complexity index is 228. The number of rotatable bonds is 2. The summed E-state index contributed by atoms with van der Waals surface area (Å²) in [6.07, 6.45) is 6.82. The van der Waals surface area contributed by atoms with Crippen molar-refractivity contribution in [2.45, 2.75) is 26.2 Å². The Morgan fingerprint density at radius 3 is 3.00 bits per heavy atom. The molecule has 0 fully saturated rings. The first-order valence-corrected chi connectivity index (χ1v) is 4.26. The fraction of sp³-hybridized carbons (Fsp3) is 0.500. The lowest BCUT2D eigenvalue weighted by molar-refractivity contribution is 0.321. The maximum Gasteiger partial charge on any atom is 0.0690 e. The Balaban J connectivity index is 2.53. The molecule has 1 aliphatic carbocycles. The Hall–Kier alpha value is -1.05. The van der Waals surface area contributed by atoms with Gasteiger partial charge < -0.3 is 5.21 Å². The Morgan fingerprint density at radius 1 is 1.83 bits per heavy atom. The van der Waals surface area contributed by atoms with Crippen LogP contribution < -0.4 is 0 Å². The van der Waals surface area contributed by atoms with Gasteiger partial charge in [0.05, 0.1) is 6.21 Å². The number of nitrogens with zero attached hydrogens (tertiary/aromatic N) is 1. The minimum absolute atomic E-state index is 0.626. The summed E-state index contributed by atoms with van der Waals surface area (Å²) in [5, 5.41) is 11.3. The lowest BCUT2D eigenvalue weighted by atomic mass is 9.86. The lowest BCUT2D eigenvalue weighted by Gasteiger charge is -2.19. The molecule has 0 aliphatic heterocycles. The molecule has 66 valence electrons. The average molecular weight is 165 g/mol. The van der Waals surface area contributed by atoms with Crippen LogP contribution in [-0.2, 0) is 0 Å². The molecule has 0 aromatic rings. The van der Waals surface area contributed by atoms with E-state index >= 15 is 0 Å². The van der Waals surface area contributed by atoms with Gasteiger partial charge in [0.2, 0.25) is 0 Å². The summed E-state index contributed by atoms with van der Waals surface area (Å²) in [7, 11) is 0. The van der Waals surface area contributed by atoms with E-state index in [1.807, 2.05) is 0 Å². The topological polar surface area (TPSA) is 32.6 Å². The molecule has 0 aromatic carbocycles. The quantitative estimate of drug-likeness (QED) is 0.290. The molecule has 0 heterocycles. The number of hydrogen-bond donors (Lipinski definition) is 1. The number of allylic oxidation sites excluding steroid dienone is 3. The second kappa shape index (κ2) is 4.10. The van der Waals surface area contributed by atoms with Crippen molar-refractivity contribution >= 4 is 6.21 Å². The normalized spacial score (nSPS) is 24.1. The maximum atomic E-state index is 8.30. The van der Waals surface area contributed by atoms with E-state index in [-0.39, 0.29) is 0 Å². The van der Waals surface area contributed by atoms with Gasteiger partial charge in [-0.3, -0.25) is 0 Å². The summed E-state index contributed by atoms with van der Waals surface area (Å²) in [6.45, 7) is 6.01. The number of oxime groups is 1. The van der Waals surface area contributed by atoms with Crippen molar-refractivity contribution in [3.05, 3.63) is 23.8 Å². The molecule has 2 heteroatoms. The van der Waals surface area contributed by atoms with E-state index in [1.54, 1.807) is 0 Å². The molecule has 2 nitrogen and oxygen atoms in total. The van der Waals surface area contributed by atoms with E-state index in [0.717, 1.165) is 24.8 Å². The summed E-state index contributed by atoms with van der Waals surface area (Å²) in [4.78, 5) is 0. The van der Waals surface area contributed by atoms with Crippen LogP contribution in [0.4, 0.5) is 0 Å². The Morgan fingerprint density at radius 2 is 2.58 bits per heavy atom. The summed E-state index contributed by atoms with van der Waals surface area (Å²) >= 11 is 0. The first-order valence-electron chi connectivity index (χ1n) is 4.26. The fourth-order valence-electron chi connectivity index (χ4n) is 1.49. The van der Waals surface area contributed by atoms with Crippen LogP contribution in [0.5, 0.6) is 0 Å². The van der Waals surface area contributed by atoms with Gasteiger partial charge in [-0.05, 0) is 37.7 Å². The van der Waals surface area contributed by atoms with Gasteiger partial charge >= 0.3 is 0 Å². The summed E-state index contributed by atoms with van der Waals surface area (Å²) in [6, 6.07) is 0. The molecule has 1 N–H and O–H groups in total. The predicted octanol–water partition coefficient (Wildman–Crippen LogP) is 2.75. The van der Waals surface area contributed by atoms with Crippen LogP contribution in [0.1, 0.15) is 26.2 Å². The lowest BCUT2D eigenvalue weighted by Crippen LogP contribution is -2.06. The van der Waals surface area contributed by atoms with Gasteiger partial charge in [-0.25, -0.2) is 0 Å². The molecular formula is C10H15NO. The highest BCUT2D eigenvalue weighted by atomic mass is 16.4. The molecular weight excluding hydrogens is 150 g/mol. The average Bonchev–Trinajstić information content (AvgIpc) is 2.06. The second-order valence-electron chi connectivity index (χ2n) is 3.34. The van der Waals surface area contributed by atoms with Gasteiger partial charge in [-0.15, -0.1) is 0 Å². The molecule has 0 saturated carbocycles. The zero-order chi connectivity index (χ0) is 8.97. The van der Waals surface area contributed by atoms with Gasteiger partial charge in [0, 0.05) is 0 Å². The molecule has 0 radical (unpaired) electrons. The van der Waals surface area contributed by atoms with Crippen LogP contribution in [0.3, 0.4) is 0 Å². The number of hydrogen-bond acceptors (Lipinski definition) is 2. The highest BCUT2D eigenvalue weighted by Crippen LogP contribution is 2.27. The Labute approximate surface area is 73.3 Å². The first kappa shape index (κ1) is 9.04. The van der Waals surface area contributed by atoms with Crippen molar-refractivity contribution in [1.29, 1.82) is 0 Å². The van der Waals surface area contributed by atoms with Crippen molar-refractivity contribution in [3.63, 3.8) is 0 Å². The molecule has 12 heavy (non-hydrogen) atoms. The van der Waals surface area contributed by atoms with Crippen LogP contribution in [-0.4, -0.2) is 11.4 Å². The molecule has 0 unspecified atom stereocenters. The Kier molecular flexibility index (Phi) is 3.09. The van der Waals surface area contributed by atoms with E-state index in [4.69, 9.17) is 5.21 Å². The minimum atomic E-state index is 0.626. The van der Waals surface area contributed by atoms with E-state index < -0.39 is 0 Å². The monoisotopic (exact) mass is 165 g/mol. The highest BCUT2D eigenvalue weighted by Gasteiger charge is 2.13. The van der Waals surface area contributed by atoms with Crippen molar-refractivity contribution in [1.82, 2.24) is 0 Å². The van der Waals surface area contributed by atoms with Gasteiger partial charge in [0.1, 0.15) is 0 Å². The van der Waals surface area contributed by atoms with Crippen LogP contribution in [0.25, 0.3) is 0 Å². The molecule has 0 aromatic heterocycles. The van der Waals surface area contributed by atoms with E-state index in [1.165, 1.54) is 11.8 Å². The van der Waals surface area contributed by atoms with Crippen molar-refractivity contribution < 1.29 is 5.21 Å². The van der Waals surface area contributed by atoms with Crippen LogP contribution in [0, 0.1) is 5.92 Å². The van der Waals surface area contributed by atoms with Crippen LogP contribution in [0.2, 0.25) is 0 Å². The molecule has 0 bridgehead atoms. The summed E-state index contributed by atoms with van der Waals surface area (Å²) in [5.41, 5.74) is 2.39. The van der Waals surface area contributed by atoms with Gasteiger partial charge in [-0.1, -0.05) is 23.4 Å². The molecule has 1 atom stereocenters. The second-order valence-corrected chi connectivity index (χ2v) is 3.34. The molecule has 1 rings (SSSR count). The van der Waals surface area contributed by atoms with E-state index in [2.05, 4.69) is 24.7 Å². The third kappa shape index (κ3) is 2.22. The predicted molar refractivity (Wildman–Crippen MR) is 50.5 cm³/mol. The van der Waals surface area contributed by atoms with Gasteiger partial charge in [0.25, 0.3) is 0 Å². The fourth-order valence-corrected chi connectivity index (χ4v) is 1.49. The maximum absolute atomic E-state index is 8.30. The standard InChI is InChI=1S/C10H15NO/c1-8(2)10-5-3-9(4-6-10)7-11-12/h3,7,10,12H,1,4-6H2,2H3/b11-7-/t10-/m1/s1. The molecule has 1 aliphatic rings. The zero-order valence-electron chi connectivity index (χ0n) is 7.45. The SMILES string of the molecule is C=C(C)[C@@H]1CC=C(/C=N\O)CC1. The van der Waals surface area contributed by atoms with Crippen molar-refractivity contribution in [2.75, 3.05) is 0 Å². The largest absolute Gasteiger partial charge is 0.411 e. The molecule has 0 amide bonds. The van der Waals surface area contributed by atoms with Gasteiger partial charge in [-0.2, -0.15) is 0 Å². The first-order chi connectivity index (χ1) is 5.74. The van der Waals surface area contributed by atoms with Crippen LogP contribution >= 0.6 is 0 Å². The summed E-state index contributed by atoms with van der Waals surface area (Å²) in [5.74, 6) is 0.626. The zero-order valence-corrected chi connectivity index (χ0v) is 7.45. The third-order valence-electron chi connectivity index (χ3n) is 2.37. The van der Waals surface area contributed by atoms with E-state index in [9.17, 15) is 0 Å². The third-order valence-corrected chi connectivity index (χ3v) is 2.37. The minimum Gasteiger partial charge on any atom is -0.411 e. The van der Waals surface area contributed by atoms with Crippen molar-refractivity contribution in [3.8, 4) is 0 Å². The van der Waals surface area contributed by atoms with Gasteiger partial charge in [0.15, 0.2) is 0 Å². The van der Waals surface area contributed by atoms with Crippen LogP contribution in [0.15, 0.2) is 29.0 Å². The molecule has 0 saturated heterocycles. The highest BCUT2D eigenvalue weighted by molar-refractivity contribution is 5.78.